The van der Waals surface area contributed by atoms with Gasteiger partial charge in [-0.05, 0) is 37.0 Å². The van der Waals surface area contributed by atoms with Crippen LogP contribution < -0.4 is 0 Å². The first-order valence-corrected chi connectivity index (χ1v) is 7.83. The van der Waals surface area contributed by atoms with Crippen LogP contribution in [0.25, 0.3) is 0 Å². The summed E-state index contributed by atoms with van der Waals surface area (Å²) in [5.74, 6) is 0.604. The Morgan fingerprint density at radius 2 is 1.89 bits per heavy atom. The fourth-order valence-corrected chi connectivity index (χ4v) is 3.97. The normalized spacial score (nSPS) is 22.4. The SMILES string of the molecule is CN(CC1CC(Cl)C1)C(=O)c1cc(Br)cc(Br)c1. The van der Waals surface area contributed by atoms with E-state index in [1.807, 2.05) is 25.2 Å². The molecule has 18 heavy (non-hydrogen) atoms. The maximum Gasteiger partial charge on any atom is 0.253 e. The van der Waals surface area contributed by atoms with Crippen molar-refractivity contribution in [3.63, 3.8) is 0 Å². The molecule has 0 spiro atoms. The van der Waals surface area contributed by atoms with Crippen LogP contribution in [0.5, 0.6) is 0 Å². The summed E-state index contributed by atoms with van der Waals surface area (Å²) in [6.45, 7) is 0.784. The van der Waals surface area contributed by atoms with Gasteiger partial charge < -0.3 is 4.90 Å². The Morgan fingerprint density at radius 3 is 2.39 bits per heavy atom. The molecule has 0 heterocycles. The van der Waals surface area contributed by atoms with Crippen molar-refractivity contribution in [1.29, 1.82) is 0 Å². The van der Waals surface area contributed by atoms with Gasteiger partial charge in [-0.15, -0.1) is 11.6 Å². The summed E-state index contributed by atoms with van der Waals surface area (Å²) < 4.78 is 1.80. The minimum atomic E-state index is 0.0509. The maximum absolute atomic E-state index is 12.3. The second kappa shape index (κ2) is 5.93. The topological polar surface area (TPSA) is 20.3 Å². The predicted octanol–water partition coefficient (Wildman–Crippen LogP) is 4.30. The average Bonchev–Trinajstić information content (AvgIpc) is 2.24. The molecule has 0 aromatic heterocycles. The lowest BCUT2D eigenvalue weighted by Gasteiger charge is -2.34. The van der Waals surface area contributed by atoms with E-state index in [0.29, 0.717) is 16.9 Å². The molecule has 1 aliphatic rings. The lowest BCUT2D eigenvalue weighted by molar-refractivity contribution is 0.0747. The van der Waals surface area contributed by atoms with Gasteiger partial charge in [0.05, 0.1) is 0 Å². The lowest BCUT2D eigenvalue weighted by Crippen LogP contribution is -2.37. The molecule has 1 amide bonds. The van der Waals surface area contributed by atoms with E-state index in [1.165, 1.54) is 0 Å². The van der Waals surface area contributed by atoms with Crippen LogP contribution >= 0.6 is 43.5 Å². The van der Waals surface area contributed by atoms with E-state index in [0.717, 1.165) is 28.3 Å². The molecule has 2 nitrogen and oxygen atoms in total. The summed E-state index contributed by atoms with van der Waals surface area (Å²) >= 11 is 12.7. The number of amides is 1. The number of carbonyl (C=O) groups excluding carboxylic acids is 1. The van der Waals surface area contributed by atoms with E-state index in [-0.39, 0.29) is 5.91 Å². The van der Waals surface area contributed by atoms with Gasteiger partial charge in [0.1, 0.15) is 0 Å². The number of alkyl halides is 1. The number of hydrogen-bond acceptors (Lipinski definition) is 1. The molecule has 1 saturated carbocycles. The largest absolute Gasteiger partial charge is 0.341 e. The number of carbonyl (C=O) groups is 1. The highest BCUT2D eigenvalue weighted by molar-refractivity contribution is 9.11. The second-order valence-electron chi connectivity index (χ2n) is 4.78. The van der Waals surface area contributed by atoms with E-state index >= 15 is 0 Å². The zero-order valence-electron chi connectivity index (χ0n) is 10.00. The van der Waals surface area contributed by atoms with Crippen molar-refractivity contribution >= 4 is 49.4 Å². The molecule has 0 unspecified atom stereocenters. The van der Waals surface area contributed by atoms with E-state index in [1.54, 1.807) is 4.90 Å². The van der Waals surface area contributed by atoms with Gasteiger partial charge in [-0.3, -0.25) is 4.79 Å². The fourth-order valence-electron chi connectivity index (χ4n) is 2.17. The van der Waals surface area contributed by atoms with Crippen LogP contribution in [0.15, 0.2) is 27.1 Å². The highest BCUT2D eigenvalue weighted by Crippen LogP contribution is 2.32. The molecule has 0 atom stereocenters. The fraction of sp³-hybridized carbons (Fsp3) is 0.462. The number of benzene rings is 1. The summed E-state index contributed by atoms with van der Waals surface area (Å²) in [7, 11) is 1.85. The second-order valence-corrected chi connectivity index (χ2v) is 7.23. The van der Waals surface area contributed by atoms with Crippen molar-refractivity contribution in [2.45, 2.75) is 18.2 Å². The van der Waals surface area contributed by atoms with Crippen molar-refractivity contribution in [3.8, 4) is 0 Å². The molecule has 1 aliphatic carbocycles. The molecule has 0 saturated heterocycles. The van der Waals surface area contributed by atoms with Crippen molar-refractivity contribution < 1.29 is 4.79 Å². The summed E-state index contributed by atoms with van der Waals surface area (Å²) in [4.78, 5) is 14.0. The van der Waals surface area contributed by atoms with E-state index < -0.39 is 0 Å². The molecule has 2 rings (SSSR count). The van der Waals surface area contributed by atoms with Crippen LogP contribution in [0.1, 0.15) is 23.2 Å². The molecule has 0 radical (unpaired) electrons. The van der Waals surface area contributed by atoms with E-state index in [2.05, 4.69) is 31.9 Å². The first-order valence-electron chi connectivity index (χ1n) is 5.81. The molecular formula is C13H14Br2ClNO. The molecule has 1 aromatic carbocycles. The van der Waals surface area contributed by atoms with Gasteiger partial charge in [-0.1, -0.05) is 31.9 Å². The molecule has 1 fully saturated rings. The quantitative estimate of drug-likeness (QED) is 0.699. The van der Waals surface area contributed by atoms with Gasteiger partial charge in [0.15, 0.2) is 0 Å². The maximum atomic E-state index is 12.3. The zero-order valence-corrected chi connectivity index (χ0v) is 13.9. The predicted molar refractivity (Wildman–Crippen MR) is 81.2 cm³/mol. The minimum absolute atomic E-state index is 0.0509. The smallest absolute Gasteiger partial charge is 0.253 e. The first kappa shape index (κ1) is 14.4. The highest BCUT2D eigenvalue weighted by atomic mass is 79.9. The van der Waals surface area contributed by atoms with Crippen LogP contribution in [-0.4, -0.2) is 29.8 Å². The van der Waals surface area contributed by atoms with Crippen LogP contribution in [0.4, 0.5) is 0 Å². The number of hydrogen-bond donors (Lipinski definition) is 0. The Labute approximate surface area is 129 Å². The molecule has 0 aliphatic heterocycles. The number of rotatable bonds is 3. The first-order chi connectivity index (χ1) is 8.45. The van der Waals surface area contributed by atoms with Crippen molar-refractivity contribution in [3.05, 3.63) is 32.7 Å². The third-order valence-corrected chi connectivity index (χ3v) is 4.44. The highest BCUT2D eigenvalue weighted by Gasteiger charge is 2.29. The Bertz CT molecular complexity index is 440. The molecule has 98 valence electrons. The standard InChI is InChI=1S/C13H14Br2ClNO/c1-17(7-8-2-12(16)3-8)13(18)9-4-10(14)6-11(15)5-9/h4-6,8,12H,2-3,7H2,1H3. The Balaban J connectivity index is 2.01. The zero-order chi connectivity index (χ0) is 13.3. The van der Waals surface area contributed by atoms with Crippen LogP contribution in [-0.2, 0) is 0 Å². The van der Waals surface area contributed by atoms with Crippen molar-refractivity contribution in [2.75, 3.05) is 13.6 Å². The summed E-state index contributed by atoms with van der Waals surface area (Å²) in [5.41, 5.74) is 0.695. The Hall–Kier alpha value is -0.0600. The summed E-state index contributed by atoms with van der Waals surface area (Å²) in [6.07, 6.45) is 2.03. The average molecular weight is 396 g/mol. The molecule has 5 heteroatoms. The molecule has 0 bridgehead atoms. The Kier molecular flexibility index (Phi) is 4.73. The molecule has 1 aromatic rings. The van der Waals surface area contributed by atoms with Gasteiger partial charge in [0.25, 0.3) is 5.91 Å². The van der Waals surface area contributed by atoms with Gasteiger partial charge >= 0.3 is 0 Å². The van der Waals surface area contributed by atoms with E-state index in [4.69, 9.17) is 11.6 Å². The van der Waals surface area contributed by atoms with Crippen LogP contribution in [0.2, 0.25) is 0 Å². The number of nitrogens with zero attached hydrogens (tertiary/aromatic N) is 1. The van der Waals surface area contributed by atoms with Gasteiger partial charge in [0, 0.05) is 33.5 Å². The van der Waals surface area contributed by atoms with Crippen molar-refractivity contribution in [2.24, 2.45) is 5.92 Å². The third kappa shape index (κ3) is 3.49. The summed E-state index contributed by atoms with van der Waals surface area (Å²) in [6, 6.07) is 5.60. The van der Waals surface area contributed by atoms with Gasteiger partial charge in [0.2, 0.25) is 0 Å². The minimum Gasteiger partial charge on any atom is -0.341 e. The lowest BCUT2D eigenvalue weighted by atomic mass is 9.84. The van der Waals surface area contributed by atoms with Gasteiger partial charge in [-0.25, -0.2) is 0 Å². The number of halogens is 3. The molecule has 0 N–H and O–H groups in total. The Morgan fingerprint density at radius 1 is 1.33 bits per heavy atom. The monoisotopic (exact) mass is 393 g/mol. The van der Waals surface area contributed by atoms with Gasteiger partial charge in [-0.2, -0.15) is 0 Å². The van der Waals surface area contributed by atoms with E-state index in [9.17, 15) is 4.79 Å². The summed E-state index contributed by atoms with van der Waals surface area (Å²) in [5, 5.41) is 0.304. The molecular weight excluding hydrogens is 381 g/mol. The third-order valence-electron chi connectivity index (χ3n) is 3.17. The van der Waals surface area contributed by atoms with Crippen LogP contribution in [0, 0.1) is 5.92 Å². The van der Waals surface area contributed by atoms with Crippen molar-refractivity contribution in [1.82, 2.24) is 4.90 Å². The van der Waals surface area contributed by atoms with Crippen LogP contribution in [0.3, 0.4) is 0 Å².